The monoisotopic (exact) mass is 416 g/mol. The van der Waals surface area contributed by atoms with Crippen molar-refractivity contribution in [3.05, 3.63) is 101 Å². The largest absolute Gasteiger partial charge is 0.348 e. The maximum Gasteiger partial charge on any atom is 0.251 e. The Morgan fingerprint density at radius 2 is 1.78 bits per heavy atom. The molecule has 0 aliphatic heterocycles. The third-order valence-electron chi connectivity index (χ3n) is 4.52. The van der Waals surface area contributed by atoms with Crippen LogP contribution in [0.5, 0.6) is 0 Å². The van der Waals surface area contributed by atoms with Gasteiger partial charge in [-0.3, -0.25) is 9.78 Å². The van der Waals surface area contributed by atoms with Crippen molar-refractivity contribution in [2.45, 2.75) is 6.54 Å². The molecule has 1 heterocycles. The normalized spacial score (nSPS) is 10.7. The highest BCUT2D eigenvalue weighted by Crippen LogP contribution is 2.30. The van der Waals surface area contributed by atoms with Gasteiger partial charge in [0, 0.05) is 34.4 Å². The van der Waals surface area contributed by atoms with E-state index in [2.05, 4.69) is 50.5 Å². The van der Waals surface area contributed by atoms with E-state index in [0.717, 1.165) is 26.4 Å². The molecule has 1 N–H and O–H groups in total. The Balaban J connectivity index is 1.64. The van der Waals surface area contributed by atoms with Crippen molar-refractivity contribution in [3.63, 3.8) is 0 Å². The van der Waals surface area contributed by atoms with Crippen LogP contribution in [0.2, 0.25) is 0 Å². The molecular formula is C23H17BrN2O. The minimum Gasteiger partial charge on any atom is -0.348 e. The summed E-state index contributed by atoms with van der Waals surface area (Å²) in [5.74, 6) is -0.0968. The van der Waals surface area contributed by atoms with Gasteiger partial charge < -0.3 is 5.32 Å². The number of hydrogen-bond donors (Lipinski definition) is 1. The topological polar surface area (TPSA) is 42.0 Å². The highest BCUT2D eigenvalue weighted by molar-refractivity contribution is 9.10. The van der Waals surface area contributed by atoms with E-state index >= 15 is 0 Å². The van der Waals surface area contributed by atoms with Gasteiger partial charge in [-0.05, 0) is 46.3 Å². The van der Waals surface area contributed by atoms with Gasteiger partial charge in [0.1, 0.15) is 0 Å². The van der Waals surface area contributed by atoms with Crippen LogP contribution >= 0.6 is 15.9 Å². The molecule has 0 unspecified atom stereocenters. The van der Waals surface area contributed by atoms with Crippen molar-refractivity contribution in [1.82, 2.24) is 10.3 Å². The Kier molecular flexibility index (Phi) is 4.99. The van der Waals surface area contributed by atoms with E-state index in [1.807, 2.05) is 48.7 Å². The highest BCUT2D eigenvalue weighted by Gasteiger charge is 2.10. The van der Waals surface area contributed by atoms with Crippen molar-refractivity contribution in [1.29, 1.82) is 0 Å². The number of hydrogen-bond acceptors (Lipinski definition) is 2. The smallest absolute Gasteiger partial charge is 0.251 e. The number of amides is 1. The molecule has 3 nitrogen and oxygen atoms in total. The van der Waals surface area contributed by atoms with Gasteiger partial charge in [0.25, 0.3) is 5.91 Å². The average Bonchev–Trinajstić information content (AvgIpc) is 2.72. The van der Waals surface area contributed by atoms with Crippen LogP contribution < -0.4 is 5.32 Å². The third kappa shape index (κ3) is 3.76. The Labute approximate surface area is 166 Å². The van der Waals surface area contributed by atoms with Crippen LogP contribution in [0.3, 0.4) is 0 Å². The maximum atomic E-state index is 12.4. The molecule has 0 fully saturated rings. The summed E-state index contributed by atoms with van der Waals surface area (Å²) < 4.78 is 0.886. The minimum atomic E-state index is -0.0968. The fourth-order valence-corrected chi connectivity index (χ4v) is 3.58. The summed E-state index contributed by atoms with van der Waals surface area (Å²) in [5.41, 5.74) is 4.00. The van der Waals surface area contributed by atoms with Gasteiger partial charge >= 0.3 is 0 Å². The van der Waals surface area contributed by atoms with Gasteiger partial charge in [0.15, 0.2) is 0 Å². The quantitative estimate of drug-likeness (QED) is 0.470. The summed E-state index contributed by atoms with van der Waals surface area (Å²) in [7, 11) is 0. The number of pyridine rings is 1. The molecule has 4 heteroatoms. The molecule has 27 heavy (non-hydrogen) atoms. The Morgan fingerprint density at radius 1 is 0.926 bits per heavy atom. The Bertz CT molecular complexity index is 1110. The molecule has 3 aromatic carbocycles. The number of halogens is 1. The zero-order chi connectivity index (χ0) is 18.6. The molecule has 0 atom stereocenters. The lowest BCUT2D eigenvalue weighted by molar-refractivity contribution is 0.0951. The van der Waals surface area contributed by atoms with Crippen LogP contribution in [-0.2, 0) is 6.54 Å². The number of rotatable bonds is 4. The molecule has 0 aliphatic rings. The van der Waals surface area contributed by atoms with Gasteiger partial charge in [0.2, 0.25) is 0 Å². The lowest BCUT2D eigenvalue weighted by Crippen LogP contribution is -2.22. The predicted molar refractivity (Wildman–Crippen MR) is 112 cm³/mol. The minimum absolute atomic E-state index is 0.0968. The van der Waals surface area contributed by atoms with Crippen LogP contribution in [0.15, 0.2) is 89.7 Å². The zero-order valence-electron chi connectivity index (χ0n) is 14.5. The van der Waals surface area contributed by atoms with Crippen molar-refractivity contribution in [2.75, 3.05) is 0 Å². The third-order valence-corrected chi connectivity index (χ3v) is 5.01. The van der Waals surface area contributed by atoms with Gasteiger partial charge in [-0.15, -0.1) is 0 Å². The van der Waals surface area contributed by atoms with Crippen LogP contribution in [0.4, 0.5) is 0 Å². The first-order valence-electron chi connectivity index (χ1n) is 8.67. The van der Waals surface area contributed by atoms with Crippen LogP contribution in [0, 0.1) is 0 Å². The number of carbonyl (C=O) groups is 1. The summed E-state index contributed by atoms with van der Waals surface area (Å²) in [5, 5.41) is 5.19. The first-order valence-corrected chi connectivity index (χ1v) is 9.46. The standard InChI is InChI=1S/C23H17BrN2O/c24-19-8-4-7-17(13-19)23(27)26-14-18-9-10-20(16-5-2-1-3-6-16)21-11-12-25-15-22(18)21/h1-13,15H,14H2,(H,26,27). The maximum absolute atomic E-state index is 12.4. The van der Waals surface area contributed by atoms with E-state index in [-0.39, 0.29) is 5.91 Å². The Hall–Kier alpha value is -2.98. The van der Waals surface area contributed by atoms with Crippen LogP contribution in [0.25, 0.3) is 21.9 Å². The van der Waals surface area contributed by atoms with E-state index in [1.54, 1.807) is 12.3 Å². The molecule has 1 amide bonds. The molecule has 132 valence electrons. The first-order chi connectivity index (χ1) is 13.2. The second-order valence-electron chi connectivity index (χ2n) is 6.25. The van der Waals surface area contributed by atoms with Gasteiger partial charge in [-0.2, -0.15) is 0 Å². The second-order valence-corrected chi connectivity index (χ2v) is 7.17. The zero-order valence-corrected chi connectivity index (χ0v) is 16.1. The molecule has 1 aromatic heterocycles. The first kappa shape index (κ1) is 17.4. The van der Waals surface area contributed by atoms with E-state index in [1.165, 1.54) is 5.56 Å². The highest BCUT2D eigenvalue weighted by atomic mass is 79.9. The number of aromatic nitrogens is 1. The lowest BCUT2D eigenvalue weighted by Gasteiger charge is -2.12. The molecule has 0 bridgehead atoms. The summed E-state index contributed by atoms with van der Waals surface area (Å²) >= 11 is 3.40. The summed E-state index contributed by atoms with van der Waals surface area (Å²) in [6, 6.07) is 23.9. The fourth-order valence-electron chi connectivity index (χ4n) is 3.18. The summed E-state index contributed by atoms with van der Waals surface area (Å²) in [6.45, 7) is 0.447. The average molecular weight is 417 g/mol. The van der Waals surface area contributed by atoms with Gasteiger partial charge in [0.05, 0.1) is 0 Å². The summed E-state index contributed by atoms with van der Waals surface area (Å²) in [6.07, 6.45) is 3.67. The molecular weight excluding hydrogens is 400 g/mol. The number of nitrogens with one attached hydrogen (secondary N) is 1. The predicted octanol–water partition coefficient (Wildman–Crippen LogP) is 5.59. The molecule has 0 saturated heterocycles. The number of benzene rings is 3. The number of fused-ring (bicyclic) bond motifs is 1. The fraction of sp³-hybridized carbons (Fsp3) is 0.0435. The van der Waals surface area contributed by atoms with Gasteiger partial charge in [-0.1, -0.05) is 64.5 Å². The van der Waals surface area contributed by atoms with E-state index in [4.69, 9.17) is 0 Å². The SMILES string of the molecule is O=C(NCc1ccc(-c2ccccc2)c2ccncc12)c1cccc(Br)c1. The molecule has 4 rings (SSSR count). The number of carbonyl (C=O) groups excluding carboxylic acids is 1. The second kappa shape index (κ2) is 7.72. The van der Waals surface area contributed by atoms with Gasteiger partial charge in [-0.25, -0.2) is 0 Å². The van der Waals surface area contributed by atoms with Crippen LogP contribution in [-0.4, -0.2) is 10.9 Å². The summed E-state index contributed by atoms with van der Waals surface area (Å²) in [4.78, 5) is 16.7. The van der Waals surface area contributed by atoms with Crippen molar-refractivity contribution in [2.24, 2.45) is 0 Å². The molecule has 0 saturated carbocycles. The van der Waals surface area contributed by atoms with Crippen molar-refractivity contribution < 1.29 is 4.79 Å². The van der Waals surface area contributed by atoms with Crippen LogP contribution in [0.1, 0.15) is 15.9 Å². The van der Waals surface area contributed by atoms with E-state index < -0.39 is 0 Å². The lowest BCUT2D eigenvalue weighted by atomic mass is 9.96. The van der Waals surface area contributed by atoms with E-state index in [0.29, 0.717) is 12.1 Å². The Morgan fingerprint density at radius 3 is 2.59 bits per heavy atom. The van der Waals surface area contributed by atoms with E-state index in [9.17, 15) is 4.79 Å². The molecule has 4 aromatic rings. The number of nitrogens with zero attached hydrogens (tertiary/aromatic N) is 1. The van der Waals surface area contributed by atoms with Crippen molar-refractivity contribution in [3.8, 4) is 11.1 Å². The molecule has 0 radical (unpaired) electrons. The van der Waals surface area contributed by atoms with Crippen molar-refractivity contribution >= 4 is 32.6 Å². The molecule has 0 spiro atoms. The molecule has 0 aliphatic carbocycles.